The minimum Gasteiger partial charge on any atom is -0.383 e. The topological polar surface area (TPSA) is 50.9 Å². The quantitative estimate of drug-likeness (QED) is 0.829. The monoisotopic (exact) mass is 265 g/mol. The largest absolute Gasteiger partial charge is 0.383 e. The Morgan fingerprint density at radius 2 is 2.28 bits per heavy atom. The van der Waals surface area contributed by atoms with Gasteiger partial charge in [0.2, 0.25) is 0 Å². The number of nitrogens with two attached hydrogens (primary N) is 1. The molecule has 1 saturated carbocycles. The molecule has 1 aromatic heterocycles. The third-order valence-electron chi connectivity index (χ3n) is 3.64. The Morgan fingerprint density at radius 3 is 2.94 bits per heavy atom. The lowest BCUT2D eigenvalue weighted by Crippen LogP contribution is -2.31. The summed E-state index contributed by atoms with van der Waals surface area (Å²) in [5.74, 6) is 1.83. The fourth-order valence-electron chi connectivity index (χ4n) is 2.44. The number of anilines is 1. The van der Waals surface area contributed by atoms with Crippen LogP contribution in [0.4, 0.5) is 5.82 Å². The third-order valence-corrected chi connectivity index (χ3v) is 5.17. The number of thioether (sulfide) groups is 1. The van der Waals surface area contributed by atoms with E-state index in [1.54, 1.807) is 6.20 Å². The second-order valence-corrected chi connectivity index (χ2v) is 6.31. The van der Waals surface area contributed by atoms with Gasteiger partial charge < -0.3 is 11.1 Å². The minimum absolute atomic E-state index is 0.488. The molecule has 0 aliphatic heterocycles. The van der Waals surface area contributed by atoms with E-state index in [0.29, 0.717) is 11.9 Å². The van der Waals surface area contributed by atoms with E-state index in [-0.39, 0.29) is 0 Å². The third kappa shape index (κ3) is 3.89. The maximum absolute atomic E-state index is 5.90. The number of rotatable bonds is 6. The van der Waals surface area contributed by atoms with Crippen molar-refractivity contribution >= 4 is 17.6 Å². The number of nitrogens with one attached hydrogen (secondary N) is 1. The predicted octanol–water partition coefficient (Wildman–Crippen LogP) is 2.47. The van der Waals surface area contributed by atoms with Gasteiger partial charge in [-0.2, -0.15) is 11.8 Å². The van der Waals surface area contributed by atoms with Crippen LogP contribution in [0.1, 0.15) is 31.2 Å². The Hall–Kier alpha value is -0.740. The number of nitrogens with zero attached hydrogens (tertiary/aromatic N) is 1. The predicted molar refractivity (Wildman–Crippen MR) is 79.9 cm³/mol. The van der Waals surface area contributed by atoms with Gasteiger partial charge in [-0.1, -0.05) is 18.9 Å². The summed E-state index contributed by atoms with van der Waals surface area (Å²) >= 11 is 2.12. The number of aromatic nitrogens is 1. The van der Waals surface area contributed by atoms with Crippen molar-refractivity contribution in [3.63, 3.8) is 0 Å². The summed E-state index contributed by atoms with van der Waals surface area (Å²) in [7, 11) is 2.03. The van der Waals surface area contributed by atoms with E-state index >= 15 is 0 Å². The van der Waals surface area contributed by atoms with Gasteiger partial charge in [0.15, 0.2) is 0 Å². The van der Waals surface area contributed by atoms with E-state index in [0.717, 1.165) is 23.0 Å². The maximum Gasteiger partial charge on any atom is 0.126 e. The highest BCUT2D eigenvalue weighted by Crippen LogP contribution is 2.30. The molecular weight excluding hydrogens is 242 g/mol. The zero-order valence-corrected chi connectivity index (χ0v) is 11.9. The average Bonchev–Trinajstić information content (AvgIpc) is 2.90. The van der Waals surface area contributed by atoms with Gasteiger partial charge in [-0.15, -0.1) is 0 Å². The van der Waals surface area contributed by atoms with Crippen molar-refractivity contribution in [3.05, 3.63) is 23.9 Å². The van der Waals surface area contributed by atoms with Crippen molar-refractivity contribution in [2.75, 3.05) is 18.5 Å². The minimum atomic E-state index is 0.488. The molecule has 0 bridgehead atoms. The summed E-state index contributed by atoms with van der Waals surface area (Å²) < 4.78 is 0. The molecule has 0 radical (unpaired) electrons. The molecule has 0 saturated heterocycles. The first-order valence-corrected chi connectivity index (χ1v) is 7.82. The Bertz CT molecular complexity index is 364. The molecular formula is C14H23N3S. The Balaban J connectivity index is 1.83. The van der Waals surface area contributed by atoms with Gasteiger partial charge in [-0.3, -0.25) is 0 Å². The SMILES string of the molecule is CNC(CSC1CCCC1)Cc1cccnc1N. The molecule has 100 valence electrons. The summed E-state index contributed by atoms with van der Waals surface area (Å²) in [4.78, 5) is 4.15. The lowest BCUT2D eigenvalue weighted by molar-refractivity contribution is 0.615. The molecule has 1 aromatic rings. The van der Waals surface area contributed by atoms with E-state index < -0.39 is 0 Å². The highest BCUT2D eigenvalue weighted by atomic mass is 32.2. The van der Waals surface area contributed by atoms with Crippen molar-refractivity contribution < 1.29 is 0 Å². The Morgan fingerprint density at radius 1 is 1.50 bits per heavy atom. The van der Waals surface area contributed by atoms with Gasteiger partial charge in [-0.25, -0.2) is 4.98 Å². The first-order valence-electron chi connectivity index (χ1n) is 6.78. The van der Waals surface area contributed by atoms with Gasteiger partial charge >= 0.3 is 0 Å². The van der Waals surface area contributed by atoms with E-state index in [1.165, 1.54) is 25.7 Å². The van der Waals surface area contributed by atoms with Gasteiger partial charge in [0.1, 0.15) is 5.82 Å². The van der Waals surface area contributed by atoms with Crippen LogP contribution in [-0.4, -0.2) is 29.1 Å². The summed E-state index contributed by atoms with van der Waals surface area (Å²) in [5.41, 5.74) is 7.05. The molecule has 0 amide bonds. The molecule has 3 nitrogen and oxygen atoms in total. The molecule has 1 aliphatic rings. The molecule has 1 heterocycles. The first kappa shape index (κ1) is 13.7. The molecule has 4 heteroatoms. The molecule has 0 spiro atoms. The molecule has 3 N–H and O–H groups in total. The van der Waals surface area contributed by atoms with Crippen LogP contribution < -0.4 is 11.1 Å². The molecule has 18 heavy (non-hydrogen) atoms. The first-order chi connectivity index (χ1) is 8.79. The molecule has 1 aliphatic carbocycles. The number of nitrogen functional groups attached to an aromatic ring is 1. The number of likely N-dealkylation sites (N-methyl/N-ethyl adjacent to an activating group) is 1. The molecule has 1 atom stereocenters. The van der Waals surface area contributed by atoms with Crippen molar-refractivity contribution in [1.82, 2.24) is 10.3 Å². The van der Waals surface area contributed by atoms with Crippen molar-refractivity contribution in [1.29, 1.82) is 0 Å². The Labute approximate surface area is 114 Å². The van der Waals surface area contributed by atoms with Crippen LogP contribution in [0.15, 0.2) is 18.3 Å². The normalized spacial score (nSPS) is 18.1. The van der Waals surface area contributed by atoms with Gasteiger partial charge in [0.25, 0.3) is 0 Å². The van der Waals surface area contributed by atoms with Crippen LogP contribution in [0.5, 0.6) is 0 Å². The lowest BCUT2D eigenvalue weighted by atomic mass is 10.1. The summed E-state index contributed by atoms with van der Waals surface area (Å²) in [6, 6.07) is 4.53. The highest BCUT2D eigenvalue weighted by Gasteiger charge is 2.17. The molecule has 1 fully saturated rings. The number of pyridine rings is 1. The fraction of sp³-hybridized carbons (Fsp3) is 0.643. The molecule has 1 unspecified atom stereocenters. The van der Waals surface area contributed by atoms with Crippen molar-refractivity contribution in [3.8, 4) is 0 Å². The van der Waals surface area contributed by atoms with Gasteiger partial charge in [0, 0.05) is 23.2 Å². The van der Waals surface area contributed by atoms with Crippen molar-refractivity contribution in [2.24, 2.45) is 0 Å². The van der Waals surface area contributed by atoms with Gasteiger partial charge in [-0.05, 0) is 37.9 Å². The van der Waals surface area contributed by atoms with Crippen LogP contribution in [0.2, 0.25) is 0 Å². The molecule has 0 aromatic carbocycles. The van der Waals surface area contributed by atoms with Crippen LogP contribution in [0.25, 0.3) is 0 Å². The highest BCUT2D eigenvalue weighted by molar-refractivity contribution is 7.99. The van der Waals surface area contributed by atoms with E-state index in [1.807, 2.05) is 13.1 Å². The second kappa shape index (κ2) is 7.00. The van der Waals surface area contributed by atoms with Crippen LogP contribution in [0.3, 0.4) is 0 Å². The fourth-order valence-corrected chi connectivity index (χ4v) is 3.90. The zero-order valence-electron chi connectivity index (χ0n) is 11.1. The van der Waals surface area contributed by atoms with Crippen molar-refractivity contribution in [2.45, 2.75) is 43.4 Å². The average molecular weight is 265 g/mol. The standard InChI is InChI=1S/C14H23N3S/c1-16-12(10-18-13-6-2-3-7-13)9-11-5-4-8-17-14(11)15/h4-5,8,12-13,16H,2-3,6-7,9-10H2,1H3,(H2,15,17). The summed E-state index contributed by atoms with van der Waals surface area (Å²) in [5, 5.41) is 4.28. The maximum atomic E-state index is 5.90. The summed E-state index contributed by atoms with van der Waals surface area (Å²) in [6.07, 6.45) is 8.34. The Kier molecular flexibility index (Phi) is 5.32. The number of hydrogen-bond donors (Lipinski definition) is 2. The van der Waals surface area contributed by atoms with Gasteiger partial charge in [0.05, 0.1) is 0 Å². The summed E-state index contributed by atoms with van der Waals surface area (Å²) in [6.45, 7) is 0. The van der Waals surface area contributed by atoms with Crippen LogP contribution >= 0.6 is 11.8 Å². The second-order valence-electron chi connectivity index (χ2n) is 4.98. The number of hydrogen-bond acceptors (Lipinski definition) is 4. The van der Waals surface area contributed by atoms with E-state index in [4.69, 9.17) is 5.73 Å². The zero-order chi connectivity index (χ0) is 12.8. The van der Waals surface area contributed by atoms with Crippen LogP contribution in [0, 0.1) is 0 Å². The molecule has 2 rings (SSSR count). The smallest absolute Gasteiger partial charge is 0.126 e. The lowest BCUT2D eigenvalue weighted by Gasteiger charge is -2.18. The van der Waals surface area contributed by atoms with Crippen LogP contribution in [-0.2, 0) is 6.42 Å². The van der Waals surface area contributed by atoms with E-state index in [9.17, 15) is 0 Å². The van der Waals surface area contributed by atoms with E-state index in [2.05, 4.69) is 28.1 Å².